The molecule has 1 aromatic heterocycles. The molecule has 0 unspecified atom stereocenters. The van der Waals surface area contributed by atoms with Crippen LogP contribution in [0.25, 0.3) is 0 Å². The highest BCUT2D eigenvalue weighted by Gasteiger charge is 2.21. The third-order valence-corrected chi connectivity index (χ3v) is 3.10. The van der Waals surface area contributed by atoms with E-state index in [1.165, 1.54) is 10.9 Å². The second-order valence-electron chi connectivity index (χ2n) is 4.62. The fourth-order valence-electron chi connectivity index (χ4n) is 1.91. The van der Waals surface area contributed by atoms with Crippen LogP contribution in [0.5, 0.6) is 0 Å². The van der Waals surface area contributed by atoms with Crippen molar-refractivity contribution >= 4 is 23.4 Å². The minimum absolute atomic E-state index is 0.0587. The topological polar surface area (TPSA) is 97.2 Å². The number of rotatable bonds is 4. The van der Waals surface area contributed by atoms with Gasteiger partial charge in [-0.15, -0.1) is 5.10 Å². The molecule has 8 heteroatoms. The minimum Gasteiger partial charge on any atom is -0.340 e. The van der Waals surface area contributed by atoms with Crippen molar-refractivity contribution in [1.29, 1.82) is 0 Å². The molecular formula is C12H17N5O3. The van der Waals surface area contributed by atoms with Crippen LogP contribution in [0, 0.1) is 0 Å². The number of nitrogens with one attached hydrogen (secondary N) is 1. The van der Waals surface area contributed by atoms with Crippen molar-refractivity contribution < 1.29 is 14.4 Å². The monoisotopic (exact) mass is 279 g/mol. The minimum atomic E-state index is -0.155. The summed E-state index contributed by atoms with van der Waals surface area (Å²) in [7, 11) is 0. The first kappa shape index (κ1) is 14.2. The van der Waals surface area contributed by atoms with E-state index in [1.54, 1.807) is 11.8 Å². The molecular weight excluding hydrogens is 262 g/mol. The lowest BCUT2D eigenvalue weighted by molar-refractivity contribution is -0.135. The normalized spacial score (nSPS) is 15.2. The molecule has 1 saturated heterocycles. The Labute approximate surface area is 116 Å². The largest absolute Gasteiger partial charge is 0.340 e. The molecule has 0 aromatic carbocycles. The number of hydrogen-bond acceptors (Lipinski definition) is 5. The van der Waals surface area contributed by atoms with Gasteiger partial charge in [0.15, 0.2) is 5.82 Å². The van der Waals surface area contributed by atoms with Gasteiger partial charge in [-0.2, -0.15) is 0 Å². The second-order valence-corrected chi connectivity index (χ2v) is 4.62. The number of piperidine rings is 1. The molecule has 2 heterocycles. The first-order valence-electron chi connectivity index (χ1n) is 6.58. The molecule has 1 N–H and O–H groups in total. The van der Waals surface area contributed by atoms with E-state index in [0.717, 1.165) is 0 Å². The molecule has 108 valence electrons. The molecule has 0 radical (unpaired) electrons. The highest BCUT2D eigenvalue weighted by atomic mass is 16.2. The van der Waals surface area contributed by atoms with Crippen LogP contribution in [0.15, 0.2) is 6.20 Å². The Morgan fingerprint density at radius 2 is 2.05 bits per heavy atom. The molecule has 0 spiro atoms. The molecule has 1 aromatic rings. The number of ketones is 1. The average molecular weight is 279 g/mol. The predicted molar refractivity (Wildman–Crippen MR) is 69.8 cm³/mol. The summed E-state index contributed by atoms with van der Waals surface area (Å²) in [4.78, 5) is 36.0. The van der Waals surface area contributed by atoms with Crippen molar-refractivity contribution in [1.82, 2.24) is 19.9 Å². The Kier molecular flexibility index (Phi) is 4.44. The van der Waals surface area contributed by atoms with Crippen LogP contribution in [0.3, 0.4) is 0 Å². The molecule has 2 amide bonds. The number of aromatic nitrogens is 3. The van der Waals surface area contributed by atoms with Gasteiger partial charge in [-0.1, -0.05) is 12.1 Å². The van der Waals surface area contributed by atoms with Gasteiger partial charge in [-0.3, -0.25) is 14.4 Å². The zero-order valence-electron chi connectivity index (χ0n) is 11.3. The number of anilines is 1. The Bertz CT molecular complexity index is 515. The summed E-state index contributed by atoms with van der Waals surface area (Å²) >= 11 is 0. The summed E-state index contributed by atoms with van der Waals surface area (Å²) < 4.78 is 1.38. The lowest BCUT2D eigenvalue weighted by Crippen LogP contribution is -2.40. The summed E-state index contributed by atoms with van der Waals surface area (Å²) in [6.45, 7) is 2.72. The second kappa shape index (κ2) is 6.27. The molecule has 0 atom stereocenters. The van der Waals surface area contributed by atoms with E-state index in [9.17, 15) is 14.4 Å². The molecule has 2 rings (SSSR count). The molecule has 1 aliphatic rings. The summed E-state index contributed by atoms with van der Waals surface area (Å²) in [5.74, 6) is 0.270. The third-order valence-electron chi connectivity index (χ3n) is 3.10. The first-order valence-corrected chi connectivity index (χ1v) is 6.58. The summed E-state index contributed by atoms with van der Waals surface area (Å²) in [6.07, 6.45) is 2.70. The Morgan fingerprint density at radius 1 is 1.35 bits per heavy atom. The molecule has 8 nitrogen and oxygen atoms in total. The molecule has 20 heavy (non-hydrogen) atoms. The average Bonchev–Trinajstić information content (AvgIpc) is 2.86. The van der Waals surface area contributed by atoms with E-state index >= 15 is 0 Å². The lowest BCUT2D eigenvalue weighted by Gasteiger charge is -2.25. The van der Waals surface area contributed by atoms with Gasteiger partial charge in [-0.25, -0.2) is 4.68 Å². The van der Waals surface area contributed by atoms with Crippen LogP contribution in [0.1, 0.15) is 26.2 Å². The zero-order valence-corrected chi connectivity index (χ0v) is 11.3. The zero-order chi connectivity index (χ0) is 14.5. The van der Waals surface area contributed by atoms with Crippen molar-refractivity contribution in [2.75, 3.05) is 18.4 Å². The number of nitrogens with zero attached hydrogens (tertiary/aromatic N) is 4. The van der Waals surface area contributed by atoms with Crippen molar-refractivity contribution in [3.63, 3.8) is 0 Å². The maximum atomic E-state index is 12.0. The van der Waals surface area contributed by atoms with Gasteiger partial charge in [0.2, 0.25) is 11.8 Å². The van der Waals surface area contributed by atoms with Gasteiger partial charge < -0.3 is 10.2 Å². The maximum absolute atomic E-state index is 12.0. The number of amides is 2. The van der Waals surface area contributed by atoms with E-state index in [1.807, 2.05) is 0 Å². The SMILES string of the molecule is CCC(=O)Nc1cn(CC(=O)N2CCC(=O)CC2)nn1. The Balaban J connectivity index is 1.88. The standard InChI is InChI=1S/C12H17N5O3/c1-2-11(19)13-10-7-17(15-14-10)8-12(20)16-5-3-9(18)4-6-16/h7H,2-6,8H2,1H3,(H,13,19). The Hall–Kier alpha value is -2.25. The summed E-state index contributed by atoms with van der Waals surface area (Å²) in [5.41, 5.74) is 0. The molecule has 1 fully saturated rings. The predicted octanol–water partition coefficient (Wildman–Crippen LogP) is -0.182. The van der Waals surface area contributed by atoms with Crippen LogP contribution in [-0.2, 0) is 20.9 Å². The molecule has 0 aliphatic carbocycles. The first-order chi connectivity index (χ1) is 9.58. The number of carbonyl (C=O) groups excluding carboxylic acids is 3. The van der Waals surface area contributed by atoms with Crippen molar-refractivity contribution in [3.8, 4) is 0 Å². The van der Waals surface area contributed by atoms with E-state index in [0.29, 0.717) is 38.2 Å². The van der Waals surface area contributed by atoms with Crippen LogP contribution in [-0.4, -0.2) is 50.6 Å². The fraction of sp³-hybridized carbons (Fsp3) is 0.583. The fourth-order valence-corrected chi connectivity index (χ4v) is 1.91. The van der Waals surface area contributed by atoms with Crippen LogP contribution < -0.4 is 5.32 Å². The number of likely N-dealkylation sites (tertiary alicyclic amines) is 1. The molecule has 1 aliphatic heterocycles. The number of carbonyl (C=O) groups is 3. The number of hydrogen-bond donors (Lipinski definition) is 1. The van der Waals surface area contributed by atoms with E-state index in [2.05, 4.69) is 15.6 Å². The Morgan fingerprint density at radius 3 is 2.70 bits per heavy atom. The van der Waals surface area contributed by atoms with Gasteiger partial charge in [0, 0.05) is 32.4 Å². The van der Waals surface area contributed by atoms with Gasteiger partial charge in [0.25, 0.3) is 0 Å². The lowest BCUT2D eigenvalue weighted by atomic mass is 10.1. The van der Waals surface area contributed by atoms with Crippen molar-refractivity contribution in [3.05, 3.63) is 6.20 Å². The highest BCUT2D eigenvalue weighted by Crippen LogP contribution is 2.07. The van der Waals surface area contributed by atoms with E-state index in [-0.39, 0.29) is 24.1 Å². The highest BCUT2D eigenvalue weighted by molar-refractivity contribution is 5.89. The molecule has 0 saturated carbocycles. The number of Topliss-reactive ketones (excluding diaryl/α,β-unsaturated/α-hetero) is 1. The summed E-state index contributed by atoms with van der Waals surface area (Å²) in [6, 6.07) is 0. The van der Waals surface area contributed by atoms with Crippen LogP contribution >= 0.6 is 0 Å². The van der Waals surface area contributed by atoms with E-state index in [4.69, 9.17) is 0 Å². The third kappa shape index (κ3) is 3.62. The van der Waals surface area contributed by atoms with Crippen LogP contribution in [0.4, 0.5) is 5.82 Å². The maximum Gasteiger partial charge on any atom is 0.244 e. The summed E-state index contributed by atoms with van der Waals surface area (Å²) in [5, 5.41) is 10.1. The van der Waals surface area contributed by atoms with Gasteiger partial charge in [0.05, 0.1) is 6.20 Å². The van der Waals surface area contributed by atoms with Gasteiger partial charge in [-0.05, 0) is 0 Å². The molecule has 0 bridgehead atoms. The van der Waals surface area contributed by atoms with Gasteiger partial charge >= 0.3 is 0 Å². The van der Waals surface area contributed by atoms with Crippen LogP contribution in [0.2, 0.25) is 0 Å². The smallest absolute Gasteiger partial charge is 0.244 e. The van der Waals surface area contributed by atoms with E-state index < -0.39 is 0 Å². The quantitative estimate of drug-likeness (QED) is 0.824. The van der Waals surface area contributed by atoms with Crippen molar-refractivity contribution in [2.24, 2.45) is 0 Å². The van der Waals surface area contributed by atoms with Gasteiger partial charge in [0.1, 0.15) is 12.3 Å². The van der Waals surface area contributed by atoms with Crippen molar-refractivity contribution in [2.45, 2.75) is 32.7 Å².